The van der Waals surface area contributed by atoms with Crippen molar-refractivity contribution >= 4 is 29.3 Å². The quantitative estimate of drug-likeness (QED) is 0.892. The predicted octanol–water partition coefficient (Wildman–Crippen LogP) is 3.59. The van der Waals surface area contributed by atoms with Gasteiger partial charge in [-0.3, -0.25) is 4.79 Å². The predicted molar refractivity (Wildman–Crippen MR) is 79.1 cm³/mol. The van der Waals surface area contributed by atoms with Crippen molar-refractivity contribution < 1.29 is 19.1 Å². The summed E-state index contributed by atoms with van der Waals surface area (Å²) in [7, 11) is 0. The number of halogens is 2. The molecule has 1 rings (SSSR count). The lowest BCUT2D eigenvalue weighted by molar-refractivity contribution is -0.137. The highest BCUT2D eigenvalue weighted by molar-refractivity contribution is 6.31. The maximum absolute atomic E-state index is 13.1. The second-order valence-corrected chi connectivity index (χ2v) is 5.93. The lowest BCUT2D eigenvalue weighted by Gasteiger charge is -2.35. The van der Waals surface area contributed by atoms with Crippen molar-refractivity contribution in [1.82, 2.24) is 4.90 Å². The minimum absolute atomic E-state index is 0.0690. The maximum atomic E-state index is 13.1. The topological polar surface area (TPSA) is 69.6 Å². The Bertz CT molecular complexity index is 544. The molecule has 2 N–H and O–H groups in total. The molecule has 21 heavy (non-hydrogen) atoms. The third kappa shape index (κ3) is 5.23. The summed E-state index contributed by atoms with van der Waals surface area (Å²) in [4.78, 5) is 24.3. The van der Waals surface area contributed by atoms with Crippen LogP contribution in [0.2, 0.25) is 5.02 Å². The second-order valence-electron chi connectivity index (χ2n) is 5.53. The maximum Gasteiger partial charge on any atom is 0.322 e. The first-order valence-electron chi connectivity index (χ1n) is 6.36. The molecule has 0 saturated heterocycles. The molecular weight excluding hydrogens is 299 g/mol. The van der Waals surface area contributed by atoms with Crippen LogP contribution in [0.1, 0.15) is 27.2 Å². The van der Waals surface area contributed by atoms with Crippen LogP contribution in [-0.2, 0) is 4.79 Å². The Labute approximate surface area is 127 Å². The van der Waals surface area contributed by atoms with Gasteiger partial charge in [-0.05, 0) is 39.0 Å². The SMILES string of the molecule is CC(C)(C)N(CCC(=O)O)C(=O)Nc1ccc(F)c(Cl)c1. The monoisotopic (exact) mass is 316 g/mol. The van der Waals surface area contributed by atoms with Crippen molar-refractivity contribution in [2.45, 2.75) is 32.7 Å². The van der Waals surface area contributed by atoms with Crippen molar-refractivity contribution in [3.05, 3.63) is 29.0 Å². The molecular formula is C14H18ClFN2O3. The third-order valence-electron chi connectivity index (χ3n) is 2.78. The largest absolute Gasteiger partial charge is 0.481 e. The first-order valence-corrected chi connectivity index (χ1v) is 6.74. The summed E-state index contributed by atoms with van der Waals surface area (Å²) < 4.78 is 13.1. The Morgan fingerprint density at radius 1 is 1.38 bits per heavy atom. The van der Waals surface area contributed by atoms with Crippen LogP contribution in [0, 0.1) is 5.82 Å². The molecule has 0 radical (unpaired) electrons. The van der Waals surface area contributed by atoms with Crippen molar-refractivity contribution in [2.24, 2.45) is 0 Å². The lowest BCUT2D eigenvalue weighted by atomic mass is 10.1. The fourth-order valence-electron chi connectivity index (χ4n) is 1.71. The molecule has 7 heteroatoms. The molecule has 1 aromatic carbocycles. The number of amides is 2. The van der Waals surface area contributed by atoms with E-state index in [0.29, 0.717) is 5.69 Å². The van der Waals surface area contributed by atoms with Gasteiger partial charge in [0.2, 0.25) is 0 Å². The number of carboxylic acid groups (broad SMARTS) is 1. The van der Waals surface area contributed by atoms with Gasteiger partial charge in [-0.25, -0.2) is 9.18 Å². The van der Waals surface area contributed by atoms with E-state index < -0.39 is 23.4 Å². The molecule has 0 spiro atoms. The normalized spacial score (nSPS) is 11.1. The molecule has 0 aliphatic carbocycles. The Balaban J connectivity index is 2.85. The minimum atomic E-state index is -0.984. The van der Waals surface area contributed by atoms with E-state index >= 15 is 0 Å². The van der Waals surface area contributed by atoms with Gasteiger partial charge in [-0.2, -0.15) is 0 Å². The van der Waals surface area contributed by atoms with E-state index in [9.17, 15) is 14.0 Å². The van der Waals surface area contributed by atoms with Gasteiger partial charge in [-0.15, -0.1) is 0 Å². The van der Waals surface area contributed by atoms with Crippen LogP contribution in [0.4, 0.5) is 14.9 Å². The van der Waals surface area contributed by atoms with Gasteiger partial charge in [0.15, 0.2) is 0 Å². The van der Waals surface area contributed by atoms with Gasteiger partial charge in [0, 0.05) is 17.8 Å². The molecule has 116 valence electrons. The number of carboxylic acids is 1. The van der Waals surface area contributed by atoms with Gasteiger partial charge in [0.05, 0.1) is 11.4 Å². The zero-order valence-electron chi connectivity index (χ0n) is 12.1. The Kier molecular flexibility index (Phi) is 5.54. The number of rotatable bonds is 4. The van der Waals surface area contributed by atoms with E-state index in [1.807, 2.05) is 0 Å². The summed E-state index contributed by atoms with van der Waals surface area (Å²) in [6, 6.07) is 3.37. The highest BCUT2D eigenvalue weighted by atomic mass is 35.5. The minimum Gasteiger partial charge on any atom is -0.481 e. The van der Waals surface area contributed by atoms with Crippen LogP contribution in [-0.4, -0.2) is 34.1 Å². The van der Waals surface area contributed by atoms with Gasteiger partial charge < -0.3 is 15.3 Å². The zero-order chi connectivity index (χ0) is 16.2. The Morgan fingerprint density at radius 3 is 2.48 bits per heavy atom. The molecule has 0 unspecified atom stereocenters. The van der Waals surface area contributed by atoms with Gasteiger partial charge in [0.1, 0.15) is 5.82 Å². The highest BCUT2D eigenvalue weighted by Crippen LogP contribution is 2.21. The van der Waals surface area contributed by atoms with Gasteiger partial charge in [0.25, 0.3) is 0 Å². The molecule has 0 aliphatic rings. The molecule has 0 fully saturated rings. The smallest absolute Gasteiger partial charge is 0.322 e. The standard InChI is InChI=1S/C14H18ClFN2O3/c1-14(2,3)18(7-6-12(19)20)13(21)17-9-4-5-11(16)10(15)8-9/h4-5,8H,6-7H2,1-3H3,(H,17,21)(H,19,20). The van der Waals surface area contributed by atoms with E-state index in [1.165, 1.54) is 17.0 Å². The first-order chi connectivity index (χ1) is 9.61. The number of urea groups is 1. The number of carbonyl (C=O) groups excluding carboxylic acids is 1. The number of benzene rings is 1. The number of hydrogen-bond donors (Lipinski definition) is 2. The van der Waals surface area contributed by atoms with Crippen molar-refractivity contribution in [3.63, 3.8) is 0 Å². The number of carbonyl (C=O) groups is 2. The van der Waals surface area contributed by atoms with Crippen molar-refractivity contribution in [3.8, 4) is 0 Å². The van der Waals surface area contributed by atoms with E-state index in [2.05, 4.69) is 5.32 Å². The van der Waals surface area contributed by atoms with Crippen LogP contribution in [0.15, 0.2) is 18.2 Å². The Morgan fingerprint density at radius 2 is 2.00 bits per heavy atom. The summed E-state index contributed by atoms with van der Waals surface area (Å²) in [6.45, 7) is 5.46. The summed E-state index contributed by atoms with van der Waals surface area (Å²) in [5, 5.41) is 11.2. The number of anilines is 1. The summed E-state index contributed by atoms with van der Waals surface area (Å²) in [5.41, 5.74) is -0.209. The fourth-order valence-corrected chi connectivity index (χ4v) is 1.89. The molecule has 1 aromatic rings. The number of nitrogens with zero attached hydrogens (tertiary/aromatic N) is 1. The van der Waals surface area contributed by atoms with Gasteiger partial charge >= 0.3 is 12.0 Å². The number of hydrogen-bond acceptors (Lipinski definition) is 2. The molecule has 0 saturated carbocycles. The molecule has 0 heterocycles. The third-order valence-corrected chi connectivity index (χ3v) is 3.06. The summed E-state index contributed by atoms with van der Waals surface area (Å²) >= 11 is 5.65. The van der Waals surface area contributed by atoms with Crippen LogP contribution in [0.3, 0.4) is 0 Å². The van der Waals surface area contributed by atoms with Crippen LogP contribution in [0.5, 0.6) is 0 Å². The number of aliphatic carboxylic acids is 1. The average Bonchev–Trinajstić information content (AvgIpc) is 2.32. The van der Waals surface area contributed by atoms with Crippen molar-refractivity contribution in [1.29, 1.82) is 0 Å². The molecule has 5 nitrogen and oxygen atoms in total. The zero-order valence-corrected chi connectivity index (χ0v) is 12.9. The Hall–Kier alpha value is -1.82. The lowest BCUT2D eigenvalue weighted by Crippen LogP contribution is -2.48. The first kappa shape index (κ1) is 17.2. The van der Waals surface area contributed by atoms with Crippen LogP contribution in [0.25, 0.3) is 0 Å². The van der Waals surface area contributed by atoms with E-state index in [1.54, 1.807) is 20.8 Å². The van der Waals surface area contributed by atoms with E-state index in [0.717, 1.165) is 6.07 Å². The molecule has 2 amide bonds. The summed E-state index contributed by atoms with van der Waals surface area (Å²) in [6.07, 6.45) is -0.158. The highest BCUT2D eigenvalue weighted by Gasteiger charge is 2.27. The van der Waals surface area contributed by atoms with Gasteiger partial charge in [-0.1, -0.05) is 11.6 Å². The summed E-state index contributed by atoms with van der Waals surface area (Å²) in [5.74, 6) is -1.56. The number of nitrogens with one attached hydrogen (secondary N) is 1. The fraction of sp³-hybridized carbons (Fsp3) is 0.429. The second kappa shape index (κ2) is 6.76. The van der Waals surface area contributed by atoms with Crippen molar-refractivity contribution in [2.75, 3.05) is 11.9 Å². The van der Waals surface area contributed by atoms with E-state index in [4.69, 9.17) is 16.7 Å². The van der Waals surface area contributed by atoms with Crippen LogP contribution < -0.4 is 5.32 Å². The molecule has 0 atom stereocenters. The molecule has 0 aromatic heterocycles. The van der Waals surface area contributed by atoms with Crippen LogP contribution >= 0.6 is 11.6 Å². The molecule has 0 bridgehead atoms. The molecule has 0 aliphatic heterocycles. The average molecular weight is 317 g/mol. The van der Waals surface area contributed by atoms with E-state index in [-0.39, 0.29) is 18.0 Å².